The number of carboxylic acids is 1. The second-order valence-electron chi connectivity index (χ2n) is 5.24. The number of aliphatic carboxylic acids is 1. The zero-order valence-electron chi connectivity index (χ0n) is 11.1. The molecule has 0 saturated carbocycles. The highest BCUT2D eigenvalue weighted by atomic mass is 16.6. The van der Waals surface area contributed by atoms with Gasteiger partial charge in [-0.1, -0.05) is 6.08 Å². The van der Waals surface area contributed by atoms with Crippen LogP contribution in [0.3, 0.4) is 0 Å². The van der Waals surface area contributed by atoms with Gasteiger partial charge in [0.1, 0.15) is 11.1 Å². The summed E-state index contributed by atoms with van der Waals surface area (Å²) >= 11 is 0. The molecular formula is C12H21NO4. The van der Waals surface area contributed by atoms with Crippen LogP contribution in [0.15, 0.2) is 12.7 Å². The van der Waals surface area contributed by atoms with Gasteiger partial charge in [0.25, 0.3) is 0 Å². The fraction of sp³-hybridized carbons (Fsp3) is 0.667. The SMILES string of the molecule is C=CCN(C(=O)OC(C)(C)C)C(C)(C)C(=O)O. The fourth-order valence-corrected chi connectivity index (χ4v) is 1.09. The Labute approximate surface area is 102 Å². The van der Waals surface area contributed by atoms with Gasteiger partial charge in [0, 0.05) is 6.54 Å². The molecule has 0 atom stereocenters. The highest BCUT2D eigenvalue weighted by Crippen LogP contribution is 2.19. The first-order valence-electron chi connectivity index (χ1n) is 5.37. The second kappa shape index (κ2) is 5.21. The van der Waals surface area contributed by atoms with E-state index in [-0.39, 0.29) is 6.54 Å². The van der Waals surface area contributed by atoms with Gasteiger partial charge in [-0.15, -0.1) is 6.58 Å². The lowest BCUT2D eigenvalue weighted by Crippen LogP contribution is -2.54. The highest BCUT2D eigenvalue weighted by molar-refractivity contribution is 5.83. The quantitative estimate of drug-likeness (QED) is 0.769. The van der Waals surface area contributed by atoms with Crippen LogP contribution in [-0.4, -0.2) is 39.8 Å². The van der Waals surface area contributed by atoms with Crippen LogP contribution in [0.4, 0.5) is 4.79 Å². The summed E-state index contributed by atoms with van der Waals surface area (Å²) in [7, 11) is 0. The van der Waals surface area contributed by atoms with Crippen molar-refractivity contribution in [3.8, 4) is 0 Å². The first-order chi connectivity index (χ1) is 7.52. The molecule has 98 valence electrons. The molecule has 0 aliphatic heterocycles. The lowest BCUT2D eigenvalue weighted by atomic mass is 10.0. The highest BCUT2D eigenvalue weighted by Gasteiger charge is 2.39. The van der Waals surface area contributed by atoms with Crippen molar-refractivity contribution in [1.82, 2.24) is 4.90 Å². The number of carbonyl (C=O) groups excluding carboxylic acids is 1. The van der Waals surface area contributed by atoms with E-state index in [1.54, 1.807) is 20.8 Å². The van der Waals surface area contributed by atoms with E-state index < -0.39 is 23.2 Å². The van der Waals surface area contributed by atoms with Gasteiger partial charge in [-0.3, -0.25) is 4.90 Å². The average Bonchev–Trinajstić information content (AvgIpc) is 2.10. The molecule has 5 nitrogen and oxygen atoms in total. The third-order valence-electron chi connectivity index (χ3n) is 2.12. The van der Waals surface area contributed by atoms with Crippen LogP contribution >= 0.6 is 0 Å². The summed E-state index contributed by atoms with van der Waals surface area (Å²) in [4.78, 5) is 24.1. The van der Waals surface area contributed by atoms with Crippen molar-refractivity contribution < 1.29 is 19.4 Å². The van der Waals surface area contributed by atoms with Crippen molar-refractivity contribution in [3.63, 3.8) is 0 Å². The van der Waals surface area contributed by atoms with Crippen molar-refractivity contribution in [2.75, 3.05) is 6.54 Å². The summed E-state index contributed by atoms with van der Waals surface area (Å²) in [5.41, 5.74) is -2.00. The molecule has 0 rings (SSSR count). The molecule has 0 radical (unpaired) electrons. The molecule has 0 aliphatic carbocycles. The van der Waals surface area contributed by atoms with Gasteiger partial charge >= 0.3 is 12.1 Å². The Morgan fingerprint density at radius 3 is 2.06 bits per heavy atom. The Balaban J connectivity index is 5.04. The standard InChI is InChI=1S/C12H21NO4/c1-7-8-13(12(5,6)9(14)15)10(16)17-11(2,3)4/h7H,1,8H2,2-6H3,(H,14,15). The third-order valence-corrected chi connectivity index (χ3v) is 2.12. The van der Waals surface area contributed by atoms with Gasteiger partial charge in [0.15, 0.2) is 0 Å². The molecule has 0 saturated heterocycles. The smallest absolute Gasteiger partial charge is 0.411 e. The van der Waals surface area contributed by atoms with Crippen LogP contribution < -0.4 is 0 Å². The maximum absolute atomic E-state index is 11.9. The zero-order valence-corrected chi connectivity index (χ0v) is 11.1. The molecule has 0 unspecified atom stereocenters. The minimum atomic E-state index is -1.34. The van der Waals surface area contributed by atoms with Gasteiger partial charge in [-0.05, 0) is 34.6 Å². The largest absolute Gasteiger partial charge is 0.480 e. The number of hydrogen-bond donors (Lipinski definition) is 1. The number of hydrogen-bond acceptors (Lipinski definition) is 3. The van der Waals surface area contributed by atoms with Crippen LogP contribution in [0, 0.1) is 0 Å². The number of carboxylic acid groups (broad SMARTS) is 1. The Hall–Kier alpha value is -1.52. The summed E-state index contributed by atoms with van der Waals surface area (Å²) in [6.07, 6.45) is 0.805. The third kappa shape index (κ3) is 4.46. The van der Waals surface area contributed by atoms with E-state index in [1.165, 1.54) is 19.9 Å². The van der Waals surface area contributed by atoms with E-state index in [1.807, 2.05) is 0 Å². The lowest BCUT2D eigenvalue weighted by Gasteiger charge is -2.35. The number of nitrogens with zero attached hydrogens (tertiary/aromatic N) is 1. The molecule has 0 spiro atoms. The van der Waals surface area contributed by atoms with Crippen molar-refractivity contribution in [2.24, 2.45) is 0 Å². The normalized spacial score (nSPS) is 11.8. The maximum Gasteiger partial charge on any atom is 0.411 e. The van der Waals surface area contributed by atoms with Gasteiger partial charge in [-0.2, -0.15) is 0 Å². The lowest BCUT2D eigenvalue weighted by molar-refractivity contribution is -0.148. The van der Waals surface area contributed by atoms with Crippen molar-refractivity contribution in [2.45, 2.75) is 45.8 Å². The van der Waals surface area contributed by atoms with Gasteiger partial charge in [-0.25, -0.2) is 9.59 Å². The number of carbonyl (C=O) groups is 2. The van der Waals surface area contributed by atoms with Crippen molar-refractivity contribution in [3.05, 3.63) is 12.7 Å². The Morgan fingerprint density at radius 2 is 1.76 bits per heavy atom. The van der Waals surface area contributed by atoms with Gasteiger partial charge in [0.2, 0.25) is 0 Å². The summed E-state index contributed by atoms with van der Waals surface area (Å²) in [5, 5.41) is 9.10. The Morgan fingerprint density at radius 1 is 1.29 bits per heavy atom. The fourth-order valence-electron chi connectivity index (χ4n) is 1.09. The van der Waals surface area contributed by atoms with E-state index in [0.717, 1.165) is 4.90 Å². The summed E-state index contributed by atoms with van der Waals surface area (Å²) in [5.74, 6) is -1.09. The predicted molar refractivity (Wildman–Crippen MR) is 64.9 cm³/mol. The predicted octanol–water partition coefficient (Wildman–Crippen LogP) is 2.27. The molecule has 1 amide bonds. The molecule has 0 bridgehead atoms. The van der Waals surface area contributed by atoms with Crippen LogP contribution in [0.1, 0.15) is 34.6 Å². The van der Waals surface area contributed by atoms with Gasteiger partial charge in [0.05, 0.1) is 0 Å². The minimum absolute atomic E-state index is 0.119. The summed E-state index contributed by atoms with van der Waals surface area (Å²) in [6, 6.07) is 0. The summed E-state index contributed by atoms with van der Waals surface area (Å²) in [6.45, 7) is 11.7. The first-order valence-corrected chi connectivity index (χ1v) is 5.37. The Kier molecular flexibility index (Phi) is 4.74. The van der Waals surface area contributed by atoms with Crippen molar-refractivity contribution >= 4 is 12.1 Å². The van der Waals surface area contributed by atoms with Crippen LogP contribution in [-0.2, 0) is 9.53 Å². The van der Waals surface area contributed by atoms with E-state index in [2.05, 4.69) is 6.58 Å². The topological polar surface area (TPSA) is 66.8 Å². The van der Waals surface area contributed by atoms with Crippen LogP contribution in [0.2, 0.25) is 0 Å². The van der Waals surface area contributed by atoms with Crippen LogP contribution in [0.25, 0.3) is 0 Å². The molecule has 5 heteroatoms. The molecule has 0 heterocycles. The van der Waals surface area contributed by atoms with Crippen LogP contribution in [0.5, 0.6) is 0 Å². The number of amides is 1. The molecule has 0 aromatic heterocycles. The second-order valence-corrected chi connectivity index (χ2v) is 5.24. The molecule has 0 aromatic carbocycles. The molecule has 0 aromatic rings. The summed E-state index contributed by atoms with van der Waals surface area (Å²) < 4.78 is 5.16. The molecule has 1 N–H and O–H groups in total. The van der Waals surface area contributed by atoms with E-state index in [0.29, 0.717) is 0 Å². The minimum Gasteiger partial charge on any atom is -0.480 e. The first kappa shape index (κ1) is 15.5. The Bertz CT molecular complexity index is 315. The maximum atomic E-state index is 11.9. The molecule has 0 fully saturated rings. The van der Waals surface area contributed by atoms with E-state index in [9.17, 15) is 9.59 Å². The average molecular weight is 243 g/mol. The molecular weight excluding hydrogens is 222 g/mol. The molecule has 0 aliphatic rings. The zero-order chi connectivity index (χ0) is 13.9. The number of ether oxygens (including phenoxy) is 1. The van der Waals surface area contributed by atoms with E-state index in [4.69, 9.17) is 9.84 Å². The van der Waals surface area contributed by atoms with Crippen molar-refractivity contribution in [1.29, 1.82) is 0 Å². The van der Waals surface area contributed by atoms with Gasteiger partial charge < -0.3 is 9.84 Å². The molecule has 17 heavy (non-hydrogen) atoms. The monoisotopic (exact) mass is 243 g/mol. The number of rotatable bonds is 4. The van der Waals surface area contributed by atoms with E-state index >= 15 is 0 Å².